The van der Waals surface area contributed by atoms with Crippen molar-refractivity contribution in [1.29, 1.82) is 0 Å². The Hall–Kier alpha value is -1.36. The Kier molecular flexibility index (Phi) is 5.14. The van der Waals surface area contributed by atoms with Crippen LogP contribution in [-0.2, 0) is 0 Å². The third-order valence-electron chi connectivity index (χ3n) is 5.85. The second-order valence-electron chi connectivity index (χ2n) is 7.70. The highest BCUT2D eigenvalue weighted by atomic mass is 19.4. The van der Waals surface area contributed by atoms with Crippen LogP contribution in [0, 0.1) is 23.2 Å². The molecule has 0 saturated heterocycles. The summed E-state index contributed by atoms with van der Waals surface area (Å²) in [6.45, 7) is 0. The molecule has 158 valence electrons. The molecule has 0 heterocycles. The molecule has 3 nitrogen and oxygen atoms in total. The largest absolute Gasteiger partial charge is 0.503 e. The number of alkyl halides is 9. The van der Waals surface area contributed by atoms with Crippen LogP contribution in [0.25, 0.3) is 0 Å². The number of halogens is 9. The molecule has 4 fully saturated rings. The van der Waals surface area contributed by atoms with Gasteiger partial charge in [-0.3, -0.25) is 0 Å². The zero-order valence-electron chi connectivity index (χ0n) is 13.7. The SMILES string of the molecule is FC(F)(F)C(F)(F)C(F)(F)C(F)(F)C12CC3CC(CC(C3)C1)C2.O=C(O)O. The molecule has 0 aromatic heterocycles. The van der Waals surface area contributed by atoms with Crippen LogP contribution in [0.2, 0.25) is 0 Å². The highest BCUT2D eigenvalue weighted by molar-refractivity contribution is 5.53. The van der Waals surface area contributed by atoms with Gasteiger partial charge in [-0.25, -0.2) is 4.79 Å². The minimum atomic E-state index is -6.77. The third kappa shape index (κ3) is 3.32. The van der Waals surface area contributed by atoms with Gasteiger partial charge in [-0.2, -0.15) is 39.5 Å². The molecule has 4 saturated carbocycles. The van der Waals surface area contributed by atoms with Crippen molar-refractivity contribution in [3.63, 3.8) is 0 Å². The molecule has 0 aromatic rings. The number of hydrogen-bond donors (Lipinski definition) is 2. The summed E-state index contributed by atoms with van der Waals surface area (Å²) < 4.78 is 119. The van der Waals surface area contributed by atoms with Crippen molar-refractivity contribution in [3.05, 3.63) is 0 Å². The Balaban J connectivity index is 0.000000596. The molecule has 27 heavy (non-hydrogen) atoms. The summed E-state index contributed by atoms with van der Waals surface area (Å²) in [6, 6.07) is 0. The first kappa shape index (κ1) is 21.9. The summed E-state index contributed by atoms with van der Waals surface area (Å²) >= 11 is 0. The summed E-state index contributed by atoms with van der Waals surface area (Å²) in [5.41, 5.74) is -2.46. The molecule has 0 radical (unpaired) electrons. The second kappa shape index (κ2) is 6.33. The van der Waals surface area contributed by atoms with Gasteiger partial charge in [0.1, 0.15) is 0 Å². The monoisotopic (exact) mass is 416 g/mol. The van der Waals surface area contributed by atoms with Crippen LogP contribution in [0.15, 0.2) is 0 Å². The highest BCUT2D eigenvalue weighted by Gasteiger charge is 2.85. The number of hydrogen-bond acceptors (Lipinski definition) is 1. The molecule has 0 unspecified atom stereocenters. The number of carbonyl (C=O) groups is 1. The predicted octanol–water partition coefficient (Wildman–Crippen LogP) is 5.89. The van der Waals surface area contributed by atoms with Crippen molar-refractivity contribution in [2.45, 2.75) is 62.5 Å². The molecule has 0 atom stereocenters. The summed E-state index contributed by atoms with van der Waals surface area (Å²) in [4.78, 5) is 8.56. The van der Waals surface area contributed by atoms with E-state index >= 15 is 0 Å². The highest BCUT2D eigenvalue weighted by Crippen LogP contribution is 2.69. The van der Waals surface area contributed by atoms with Gasteiger partial charge >= 0.3 is 30.1 Å². The summed E-state index contributed by atoms with van der Waals surface area (Å²) in [5.74, 6) is -19.5. The fourth-order valence-electron chi connectivity index (χ4n) is 5.20. The van der Waals surface area contributed by atoms with Crippen LogP contribution >= 0.6 is 0 Å². The lowest BCUT2D eigenvalue weighted by Crippen LogP contribution is -2.68. The molecule has 4 aliphatic rings. The van der Waals surface area contributed by atoms with E-state index in [4.69, 9.17) is 15.0 Å². The Labute approximate surface area is 147 Å². The lowest BCUT2D eigenvalue weighted by atomic mass is 9.47. The predicted molar refractivity (Wildman–Crippen MR) is 72.2 cm³/mol. The maximum absolute atomic E-state index is 14.4. The van der Waals surface area contributed by atoms with Crippen molar-refractivity contribution in [3.8, 4) is 0 Å². The first-order valence-electron chi connectivity index (χ1n) is 8.09. The fourth-order valence-corrected chi connectivity index (χ4v) is 5.20. The average Bonchev–Trinajstić information content (AvgIpc) is 2.43. The van der Waals surface area contributed by atoms with Crippen LogP contribution in [-0.4, -0.2) is 40.3 Å². The van der Waals surface area contributed by atoms with Gasteiger partial charge in [0.2, 0.25) is 0 Å². The lowest BCUT2D eigenvalue weighted by Gasteiger charge is -2.60. The average molecular weight is 416 g/mol. The van der Waals surface area contributed by atoms with Crippen LogP contribution in [0.3, 0.4) is 0 Å². The van der Waals surface area contributed by atoms with Gasteiger partial charge in [0, 0.05) is 5.41 Å². The van der Waals surface area contributed by atoms with E-state index in [1.54, 1.807) is 0 Å². The van der Waals surface area contributed by atoms with Gasteiger partial charge < -0.3 is 10.2 Å². The van der Waals surface area contributed by atoms with Crippen LogP contribution in [0.4, 0.5) is 44.3 Å². The van der Waals surface area contributed by atoms with Crippen molar-refractivity contribution in [2.24, 2.45) is 23.2 Å². The molecule has 0 amide bonds. The van der Waals surface area contributed by atoms with Crippen LogP contribution in [0.5, 0.6) is 0 Å². The molecule has 4 aliphatic carbocycles. The quantitative estimate of drug-likeness (QED) is 0.564. The van der Waals surface area contributed by atoms with Gasteiger partial charge in [0.05, 0.1) is 0 Å². The molecule has 2 N–H and O–H groups in total. The summed E-state index contributed by atoms with van der Waals surface area (Å²) in [5, 5.41) is 13.9. The van der Waals surface area contributed by atoms with Gasteiger partial charge in [0.15, 0.2) is 0 Å². The molecular weight excluding hydrogens is 399 g/mol. The molecule has 0 aliphatic heterocycles. The van der Waals surface area contributed by atoms with Crippen molar-refractivity contribution >= 4 is 6.16 Å². The number of carboxylic acid groups (broad SMARTS) is 2. The molecule has 0 spiro atoms. The Morgan fingerprint density at radius 3 is 1.26 bits per heavy atom. The van der Waals surface area contributed by atoms with Crippen LogP contribution < -0.4 is 0 Å². The molecule has 4 rings (SSSR count). The van der Waals surface area contributed by atoms with Gasteiger partial charge in [-0.05, 0) is 56.3 Å². The Morgan fingerprint density at radius 2 is 1.00 bits per heavy atom. The molecule has 4 bridgehead atoms. The summed E-state index contributed by atoms with van der Waals surface area (Å²) in [7, 11) is 0. The normalized spacial score (nSPS) is 33.4. The lowest BCUT2D eigenvalue weighted by molar-refractivity contribution is -0.419. The minimum Gasteiger partial charge on any atom is -0.450 e. The van der Waals surface area contributed by atoms with E-state index < -0.39 is 54.8 Å². The second-order valence-corrected chi connectivity index (χ2v) is 7.70. The standard InChI is InChI=1S/C14H15F9.CH2O3/c15-11(16,12(17,18)13(19,20)14(21,22)23)10-4-7-1-8(5-10)3-9(2-7)6-10;2-1(3)4/h7-9H,1-6H2;(H2,2,3,4). The van der Waals surface area contributed by atoms with Crippen molar-refractivity contribution in [2.75, 3.05) is 0 Å². The topological polar surface area (TPSA) is 57.5 Å². The Bertz CT molecular complexity index is 542. The van der Waals surface area contributed by atoms with Gasteiger partial charge in [0.25, 0.3) is 0 Å². The Morgan fingerprint density at radius 1 is 0.704 bits per heavy atom. The minimum absolute atomic E-state index is 0.289. The summed E-state index contributed by atoms with van der Waals surface area (Å²) in [6.07, 6.45) is -8.09. The van der Waals surface area contributed by atoms with E-state index in [1.165, 1.54) is 0 Å². The zero-order valence-corrected chi connectivity index (χ0v) is 13.7. The number of rotatable bonds is 3. The molecule has 0 aromatic carbocycles. The van der Waals surface area contributed by atoms with Crippen LogP contribution in [0.1, 0.15) is 38.5 Å². The van der Waals surface area contributed by atoms with E-state index in [9.17, 15) is 39.5 Å². The third-order valence-corrected chi connectivity index (χ3v) is 5.85. The van der Waals surface area contributed by atoms with E-state index in [2.05, 4.69) is 0 Å². The maximum Gasteiger partial charge on any atom is 0.503 e. The van der Waals surface area contributed by atoms with Crippen molar-refractivity contribution in [1.82, 2.24) is 0 Å². The maximum atomic E-state index is 14.4. The van der Waals surface area contributed by atoms with Gasteiger partial charge in [-0.1, -0.05) is 0 Å². The van der Waals surface area contributed by atoms with Gasteiger partial charge in [-0.15, -0.1) is 0 Å². The first-order valence-corrected chi connectivity index (χ1v) is 8.09. The van der Waals surface area contributed by atoms with E-state index in [-0.39, 0.29) is 17.8 Å². The van der Waals surface area contributed by atoms with E-state index in [0.29, 0.717) is 19.3 Å². The smallest absolute Gasteiger partial charge is 0.450 e. The van der Waals surface area contributed by atoms with Crippen molar-refractivity contribution < 1.29 is 54.5 Å². The molecular formula is C15H17F9O3. The van der Waals surface area contributed by atoms with E-state index in [0.717, 1.165) is 0 Å². The van der Waals surface area contributed by atoms with E-state index in [1.807, 2.05) is 0 Å². The fraction of sp³-hybridized carbons (Fsp3) is 0.933. The molecule has 12 heteroatoms. The first-order chi connectivity index (χ1) is 12.0. The zero-order chi connectivity index (χ0) is 21.1.